The molecule has 2 amide bonds. The minimum atomic E-state index is -4.26. The molecule has 3 rings (SSSR count). The van der Waals surface area contributed by atoms with Crippen molar-refractivity contribution < 1.29 is 27.1 Å². The topological polar surface area (TPSA) is 96.0 Å². The van der Waals surface area contributed by atoms with E-state index in [1.165, 1.54) is 24.1 Å². The van der Waals surface area contributed by atoms with Crippen LogP contribution in [0, 0.1) is 5.82 Å². The Morgan fingerprint density at radius 2 is 1.65 bits per heavy atom. The summed E-state index contributed by atoms with van der Waals surface area (Å²) in [6, 6.07) is 17.0. The van der Waals surface area contributed by atoms with Crippen molar-refractivity contribution in [3.63, 3.8) is 0 Å². The van der Waals surface area contributed by atoms with E-state index in [2.05, 4.69) is 5.32 Å². The zero-order valence-electron chi connectivity index (χ0n) is 18.9. The van der Waals surface area contributed by atoms with E-state index in [1.54, 1.807) is 50.5 Å². The van der Waals surface area contributed by atoms with Gasteiger partial charge in [-0.3, -0.25) is 13.9 Å². The van der Waals surface area contributed by atoms with Crippen LogP contribution in [0.5, 0.6) is 5.75 Å². The van der Waals surface area contributed by atoms with Crippen molar-refractivity contribution in [2.45, 2.75) is 4.90 Å². The number of nitrogens with zero attached hydrogens (tertiary/aromatic N) is 2. The predicted molar refractivity (Wildman–Crippen MR) is 127 cm³/mol. The highest BCUT2D eigenvalue weighted by molar-refractivity contribution is 7.92. The van der Waals surface area contributed by atoms with E-state index in [4.69, 9.17) is 4.74 Å². The molecule has 0 atom stereocenters. The van der Waals surface area contributed by atoms with E-state index in [0.29, 0.717) is 11.3 Å². The maximum atomic E-state index is 13.4. The highest BCUT2D eigenvalue weighted by atomic mass is 32.2. The van der Waals surface area contributed by atoms with Gasteiger partial charge in [-0.05, 0) is 54.6 Å². The van der Waals surface area contributed by atoms with E-state index in [-0.39, 0.29) is 22.2 Å². The molecule has 3 aromatic carbocycles. The second kappa shape index (κ2) is 10.3. The first-order valence-electron chi connectivity index (χ1n) is 10.2. The first kappa shape index (κ1) is 24.7. The Bertz CT molecular complexity index is 1290. The number of para-hydroxylation sites is 2. The zero-order chi connectivity index (χ0) is 24.9. The normalized spacial score (nSPS) is 10.9. The molecular weight excluding hydrogens is 461 g/mol. The van der Waals surface area contributed by atoms with Gasteiger partial charge in [0.1, 0.15) is 18.1 Å². The Morgan fingerprint density at radius 3 is 2.29 bits per heavy atom. The first-order chi connectivity index (χ1) is 16.1. The Labute approximate surface area is 197 Å². The molecular formula is C24H24FN3O5S. The van der Waals surface area contributed by atoms with Gasteiger partial charge in [0.2, 0.25) is 5.91 Å². The second-order valence-electron chi connectivity index (χ2n) is 7.47. The Balaban J connectivity index is 1.95. The van der Waals surface area contributed by atoms with Crippen LogP contribution in [0.3, 0.4) is 0 Å². The average Bonchev–Trinajstić information content (AvgIpc) is 2.82. The molecule has 0 unspecified atom stereocenters. The van der Waals surface area contributed by atoms with E-state index in [9.17, 15) is 22.4 Å². The number of ether oxygens (including phenoxy) is 1. The zero-order valence-corrected chi connectivity index (χ0v) is 19.7. The van der Waals surface area contributed by atoms with Crippen LogP contribution < -0.4 is 14.4 Å². The summed E-state index contributed by atoms with van der Waals surface area (Å²) in [5.74, 6) is -1.25. The molecule has 0 saturated carbocycles. The lowest BCUT2D eigenvalue weighted by atomic mass is 10.2. The maximum absolute atomic E-state index is 13.4. The van der Waals surface area contributed by atoms with Gasteiger partial charge >= 0.3 is 0 Å². The SMILES string of the molecule is COc1ccccc1N(CC(=O)Nc1cccc(C(=O)N(C)C)c1)S(=O)(=O)c1ccc(F)cc1. The second-order valence-corrected chi connectivity index (χ2v) is 9.33. The molecule has 34 heavy (non-hydrogen) atoms. The van der Waals surface area contributed by atoms with Crippen LogP contribution in [0.4, 0.5) is 15.8 Å². The number of sulfonamides is 1. The van der Waals surface area contributed by atoms with Gasteiger partial charge in [0.25, 0.3) is 15.9 Å². The number of hydrogen-bond acceptors (Lipinski definition) is 5. The number of carbonyl (C=O) groups is 2. The largest absolute Gasteiger partial charge is 0.495 e. The highest BCUT2D eigenvalue weighted by Gasteiger charge is 2.29. The van der Waals surface area contributed by atoms with Crippen LogP contribution in [0.2, 0.25) is 0 Å². The molecule has 10 heteroatoms. The minimum absolute atomic E-state index is 0.140. The summed E-state index contributed by atoms with van der Waals surface area (Å²) in [7, 11) is 0.345. The molecule has 0 aromatic heterocycles. The van der Waals surface area contributed by atoms with Gasteiger partial charge in [0.05, 0.1) is 17.7 Å². The quantitative estimate of drug-likeness (QED) is 0.528. The number of benzene rings is 3. The summed E-state index contributed by atoms with van der Waals surface area (Å²) in [4.78, 5) is 26.4. The number of rotatable bonds is 8. The molecule has 0 heterocycles. The average molecular weight is 486 g/mol. The summed E-state index contributed by atoms with van der Waals surface area (Å²) in [6.45, 7) is -0.591. The van der Waals surface area contributed by atoms with Gasteiger partial charge in [0, 0.05) is 25.3 Å². The summed E-state index contributed by atoms with van der Waals surface area (Å²) in [6.07, 6.45) is 0. The van der Waals surface area contributed by atoms with Gasteiger partial charge < -0.3 is 15.0 Å². The fourth-order valence-corrected chi connectivity index (χ4v) is 4.62. The lowest BCUT2D eigenvalue weighted by Crippen LogP contribution is -2.38. The third kappa shape index (κ3) is 5.52. The number of hydrogen-bond donors (Lipinski definition) is 1. The minimum Gasteiger partial charge on any atom is -0.495 e. The Hall–Kier alpha value is -3.92. The van der Waals surface area contributed by atoms with E-state index < -0.39 is 28.3 Å². The number of carbonyl (C=O) groups excluding carboxylic acids is 2. The summed E-state index contributed by atoms with van der Waals surface area (Å²) < 4.78 is 46.5. The molecule has 0 saturated heterocycles. The van der Waals surface area contributed by atoms with Crippen molar-refractivity contribution in [3.05, 3.63) is 84.2 Å². The molecule has 0 bridgehead atoms. The van der Waals surface area contributed by atoms with Crippen molar-refractivity contribution in [2.24, 2.45) is 0 Å². The van der Waals surface area contributed by atoms with Crippen molar-refractivity contribution in [2.75, 3.05) is 37.4 Å². The van der Waals surface area contributed by atoms with E-state index in [0.717, 1.165) is 28.6 Å². The smallest absolute Gasteiger partial charge is 0.264 e. The van der Waals surface area contributed by atoms with Gasteiger partial charge in [-0.15, -0.1) is 0 Å². The van der Waals surface area contributed by atoms with Crippen LogP contribution in [-0.2, 0) is 14.8 Å². The first-order valence-corrected chi connectivity index (χ1v) is 11.6. The molecule has 178 valence electrons. The molecule has 0 radical (unpaired) electrons. The van der Waals surface area contributed by atoms with Gasteiger partial charge in [-0.25, -0.2) is 12.8 Å². The third-order valence-corrected chi connectivity index (χ3v) is 6.62. The molecule has 0 aliphatic heterocycles. The summed E-state index contributed by atoms with van der Waals surface area (Å²) in [5.41, 5.74) is 0.834. The number of methoxy groups -OCH3 is 1. The van der Waals surface area contributed by atoms with Crippen LogP contribution in [0.15, 0.2) is 77.7 Å². The van der Waals surface area contributed by atoms with Crippen LogP contribution >= 0.6 is 0 Å². The lowest BCUT2D eigenvalue weighted by Gasteiger charge is -2.25. The highest BCUT2D eigenvalue weighted by Crippen LogP contribution is 2.32. The molecule has 0 aliphatic rings. The molecule has 1 N–H and O–H groups in total. The van der Waals surface area contributed by atoms with Crippen molar-refractivity contribution in [3.8, 4) is 5.75 Å². The van der Waals surface area contributed by atoms with E-state index in [1.807, 2.05) is 0 Å². The van der Waals surface area contributed by atoms with Crippen LogP contribution in [0.25, 0.3) is 0 Å². The number of halogens is 1. The summed E-state index contributed by atoms with van der Waals surface area (Å²) in [5, 5.41) is 2.63. The predicted octanol–water partition coefficient (Wildman–Crippen LogP) is 3.37. The van der Waals surface area contributed by atoms with Crippen LogP contribution in [-0.4, -0.2) is 52.9 Å². The molecule has 3 aromatic rings. The Kier molecular flexibility index (Phi) is 7.52. The molecule has 0 aliphatic carbocycles. The lowest BCUT2D eigenvalue weighted by molar-refractivity contribution is -0.114. The monoisotopic (exact) mass is 485 g/mol. The van der Waals surface area contributed by atoms with Gasteiger partial charge in [-0.2, -0.15) is 0 Å². The van der Waals surface area contributed by atoms with Gasteiger partial charge in [0.15, 0.2) is 0 Å². The maximum Gasteiger partial charge on any atom is 0.264 e. The van der Waals surface area contributed by atoms with Crippen LogP contribution in [0.1, 0.15) is 10.4 Å². The fraction of sp³-hybridized carbons (Fsp3) is 0.167. The fourth-order valence-electron chi connectivity index (χ4n) is 3.19. The molecule has 0 spiro atoms. The van der Waals surface area contributed by atoms with Gasteiger partial charge in [-0.1, -0.05) is 18.2 Å². The number of anilines is 2. The van der Waals surface area contributed by atoms with Crippen molar-refractivity contribution >= 4 is 33.2 Å². The summed E-state index contributed by atoms with van der Waals surface area (Å²) >= 11 is 0. The Morgan fingerprint density at radius 1 is 0.971 bits per heavy atom. The van der Waals surface area contributed by atoms with Crippen molar-refractivity contribution in [1.29, 1.82) is 0 Å². The third-order valence-electron chi connectivity index (χ3n) is 4.84. The van der Waals surface area contributed by atoms with E-state index >= 15 is 0 Å². The van der Waals surface area contributed by atoms with Crippen molar-refractivity contribution in [1.82, 2.24) is 4.90 Å². The molecule has 0 fully saturated rings. The number of nitrogens with one attached hydrogen (secondary N) is 1. The molecule has 8 nitrogen and oxygen atoms in total. The number of amides is 2. The standard InChI is InChI=1S/C24H24FN3O5S/c1-27(2)24(30)17-7-6-8-19(15-17)26-23(29)16-28(21-9-4-5-10-22(21)33-3)34(31,32)20-13-11-18(25)12-14-20/h4-15H,16H2,1-3H3,(H,26,29).